The van der Waals surface area contributed by atoms with E-state index in [1.807, 2.05) is 21.8 Å². The van der Waals surface area contributed by atoms with Gasteiger partial charge in [0.1, 0.15) is 5.69 Å². The molecule has 0 N–H and O–H groups in total. The van der Waals surface area contributed by atoms with Crippen LogP contribution in [-0.2, 0) is 6.54 Å². The van der Waals surface area contributed by atoms with Crippen LogP contribution < -0.4 is 0 Å². The third-order valence-corrected chi connectivity index (χ3v) is 4.91. The van der Waals surface area contributed by atoms with Crippen molar-refractivity contribution in [3.63, 3.8) is 0 Å². The summed E-state index contributed by atoms with van der Waals surface area (Å²) >= 11 is 1.40. The van der Waals surface area contributed by atoms with Crippen molar-refractivity contribution >= 4 is 17.2 Å². The summed E-state index contributed by atoms with van der Waals surface area (Å²) in [7, 11) is 0. The van der Waals surface area contributed by atoms with Gasteiger partial charge in [-0.15, -0.1) is 11.3 Å². The minimum atomic E-state index is -0.0249. The summed E-state index contributed by atoms with van der Waals surface area (Å²) in [6.07, 6.45) is 9.03. The lowest BCUT2D eigenvalue weighted by molar-refractivity contribution is 0.0716. The molecule has 1 saturated heterocycles. The maximum atomic E-state index is 12.8. The van der Waals surface area contributed by atoms with E-state index in [1.165, 1.54) is 11.3 Å². The van der Waals surface area contributed by atoms with Crippen LogP contribution >= 0.6 is 11.3 Å². The Bertz CT molecular complexity index is 816. The molecule has 0 spiro atoms. The molecule has 0 saturated carbocycles. The quantitative estimate of drug-likeness (QED) is 0.727. The van der Waals surface area contributed by atoms with E-state index in [9.17, 15) is 4.79 Å². The Morgan fingerprint density at radius 2 is 2.12 bits per heavy atom. The van der Waals surface area contributed by atoms with Crippen LogP contribution in [0.15, 0.2) is 42.3 Å². The summed E-state index contributed by atoms with van der Waals surface area (Å²) in [4.78, 5) is 27.5. The molecule has 0 aromatic carbocycles. The van der Waals surface area contributed by atoms with Crippen LogP contribution in [0.2, 0.25) is 0 Å². The molecule has 3 aromatic rings. The van der Waals surface area contributed by atoms with Crippen LogP contribution in [0.1, 0.15) is 23.3 Å². The first-order valence-electron chi connectivity index (χ1n) is 7.82. The Morgan fingerprint density at radius 3 is 2.92 bits per heavy atom. The minimum absolute atomic E-state index is 0.0249. The van der Waals surface area contributed by atoms with Crippen molar-refractivity contribution in [3.05, 3.63) is 48.0 Å². The predicted octanol–water partition coefficient (Wildman–Crippen LogP) is 2.10. The Labute approximate surface area is 143 Å². The number of hydrogen-bond donors (Lipinski definition) is 0. The molecule has 1 aliphatic rings. The summed E-state index contributed by atoms with van der Waals surface area (Å²) in [6, 6.07) is 3.82. The maximum absolute atomic E-state index is 12.8. The molecule has 1 atom stereocenters. The fourth-order valence-corrected chi connectivity index (χ4v) is 3.69. The number of thiazole rings is 1. The SMILES string of the molecule is O=C(c1csc(-c2ncccn2)n1)N1CCC[C@H]1Cn1cccn1. The molecule has 3 aromatic heterocycles. The number of nitrogens with zero attached hydrogens (tertiary/aromatic N) is 6. The molecule has 1 fully saturated rings. The van der Waals surface area contributed by atoms with Crippen molar-refractivity contribution in [1.82, 2.24) is 29.6 Å². The molecule has 24 heavy (non-hydrogen) atoms. The van der Waals surface area contributed by atoms with Gasteiger partial charge in [0.2, 0.25) is 0 Å². The van der Waals surface area contributed by atoms with E-state index in [0.717, 1.165) is 25.9 Å². The largest absolute Gasteiger partial charge is 0.332 e. The fraction of sp³-hybridized carbons (Fsp3) is 0.312. The van der Waals surface area contributed by atoms with Gasteiger partial charge in [0, 0.05) is 36.7 Å². The van der Waals surface area contributed by atoms with E-state index in [-0.39, 0.29) is 11.9 Å². The molecule has 1 amide bonds. The second kappa shape index (κ2) is 6.48. The standard InChI is InChI=1S/C16H16N6OS/c23-16(13-11-24-15(20-13)14-17-5-2-6-18-14)22-9-1-4-12(22)10-21-8-3-7-19-21/h2-3,5-8,11-12H,1,4,9-10H2/t12-/m0/s1. The van der Waals surface area contributed by atoms with Gasteiger partial charge in [0.05, 0.1) is 12.6 Å². The highest BCUT2D eigenvalue weighted by Crippen LogP contribution is 2.24. The summed E-state index contributed by atoms with van der Waals surface area (Å²) in [6.45, 7) is 1.48. The van der Waals surface area contributed by atoms with Gasteiger partial charge in [-0.05, 0) is 25.0 Å². The Hall–Kier alpha value is -2.61. The minimum Gasteiger partial charge on any atom is -0.332 e. The molecule has 8 heteroatoms. The van der Waals surface area contributed by atoms with Crippen LogP contribution in [0, 0.1) is 0 Å². The Morgan fingerprint density at radius 1 is 1.25 bits per heavy atom. The molecule has 0 radical (unpaired) electrons. The molecular formula is C16H16N6OS. The van der Waals surface area contributed by atoms with Gasteiger partial charge in [-0.3, -0.25) is 9.48 Å². The van der Waals surface area contributed by atoms with Crippen LogP contribution in [0.25, 0.3) is 10.8 Å². The van der Waals surface area contributed by atoms with Crippen molar-refractivity contribution in [2.75, 3.05) is 6.54 Å². The number of rotatable bonds is 4. The van der Waals surface area contributed by atoms with Crippen LogP contribution in [0.4, 0.5) is 0 Å². The van der Waals surface area contributed by atoms with E-state index in [1.54, 1.807) is 30.0 Å². The fourth-order valence-electron chi connectivity index (χ4n) is 2.95. The van der Waals surface area contributed by atoms with Crippen LogP contribution in [-0.4, -0.2) is 48.1 Å². The predicted molar refractivity (Wildman–Crippen MR) is 89.4 cm³/mol. The van der Waals surface area contributed by atoms with Crippen LogP contribution in [0.3, 0.4) is 0 Å². The lowest BCUT2D eigenvalue weighted by atomic mass is 10.2. The second-order valence-corrected chi connectivity index (χ2v) is 6.49. The van der Waals surface area contributed by atoms with E-state index >= 15 is 0 Å². The molecule has 0 unspecified atom stereocenters. The van der Waals surface area contributed by atoms with Crippen LogP contribution in [0.5, 0.6) is 0 Å². The molecule has 4 heterocycles. The molecule has 4 rings (SSSR count). The number of hydrogen-bond acceptors (Lipinski definition) is 6. The van der Waals surface area contributed by atoms with Gasteiger partial charge in [-0.1, -0.05) is 0 Å². The number of aromatic nitrogens is 5. The number of likely N-dealkylation sites (tertiary alicyclic amines) is 1. The van der Waals surface area contributed by atoms with Crippen molar-refractivity contribution in [1.29, 1.82) is 0 Å². The van der Waals surface area contributed by atoms with Crippen molar-refractivity contribution in [2.45, 2.75) is 25.4 Å². The average molecular weight is 340 g/mol. The lowest BCUT2D eigenvalue weighted by Gasteiger charge is -2.23. The maximum Gasteiger partial charge on any atom is 0.273 e. The van der Waals surface area contributed by atoms with Gasteiger partial charge in [0.15, 0.2) is 10.8 Å². The zero-order valence-electron chi connectivity index (χ0n) is 12.9. The van der Waals surface area contributed by atoms with E-state index in [0.29, 0.717) is 16.5 Å². The Balaban J connectivity index is 1.52. The highest BCUT2D eigenvalue weighted by Gasteiger charge is 2.31. The Kier molecular flexibility index (Phi) is 4.04. The van der Waals surface area contributed by atoms with Gasteiger partial charge in [0.25, 0.3) is 5.91 Å². The van der Waals surface area contributed by atoms with E-state index in [2.05, 4.69) is 20.1 Å². The number of carbonyl (C=O) groups is 1. The zero-order valence-corrected chi connectivity index (χ0v) is 13.8. The normalized spacial score (nSPS) is 17.3. The third kappa shape index (κ3) is 2.92. The summed E-state index contributed by atoms with van der Waals surface area (Å²) in [5.74, 6) is 0.527. The van der Waals surface area contributed by atoms with E-state index < -0.39 is 0 Å². The third-order valence-electron chi connectivity index (χ3n) is 4.08. The van der Waals surface area contributed by atoms with Crippen molar-refractivity contribution < 1.29 is 4.79 Å². The van der Waals surface area contributed by atoms with Gasteiger partial charge < -0.3 is 4.90 Å². The first kappa shape index (κ1) is 14.9. The monoisotopic (exact) mass is 340 g/mol. The van der Waals surface area contributed by atoms with Gasteiger partial charge >= 0.3 is 0 Å². The van der Waals surface area contributed by atoms with Gasteiger partial charge in [-0.2, -0.15) is 5.10 Å². The molecule has 7 nitrogen and oxygen atoms in total. The highest BCUT2D eigenvalue weighted by molar-refractivity contribution is 7.13. The number of amides is 1. The topological polar surface area (TPSA) is 76.8 Å². The molecule has 0 bridgehead atoms. The molecule has 0 aliphatic carbocycles. The summed E-state index contributed by atoms with van der Waals surface area (Å²) in [5.41, 5.74) is 0.467. The first-order chi connectivity index (χ1) is 11.8. The van der Waals surface area contributed by atoms with E-state index in [4.69, 9.17) is 0 Å². The van der Waals surface area contributed by atoms with Crippen molar-refractivity contribution in [2.24, 2.45) is 0 Å². The average Bonchev–Trinajstić information content (AvgIpc) is 3.37. The van der Waals surface area contributed by atoms with Gasteiger partial charge in [-0.25, -0.2) is 15.0 Å². The molecule has 1 aliphatic heterocycles. The molecule has 122 valence electrons. The smallest absolute Gasteiger partial charge is 0.273 e. The second-order valence-electron chi connectivity index (χ2n) is 5.63. The van der Waals surface area contributed by atoms with Crippen molar-refractivity contribution in [3.8, 4) is 10.8 Å². The zero-order chi connectivity index (χ0) is 16.4. The number of carbonyl (C=O) groups excluding carboxylic acids is 1. The summed E-state index contributed by atoms with van der Waals surface area (Å²) < 4.78 is 1.88. The first-order valence-corrected chi connectivity index (χ1v) is 8.70. The highest BCUT2D eigenvalue weighted by atomic mass is 32.1. The molecular weight excluding hydrogens is 324 g/mol. The summed E-state index contributed by atoms with van der Waals surface area (Å²) in [5, 5.41) is 6.70. The lowest BCUT2D eigenvalue weighted by Crippen LogP contribution is -2.38.